The SMILES string of the molecule is Cc1cccc(S(=O)(=O)CCCN2C[C@@H]3OCCN(C)[C@H]3C2)c1. The van der Waals surface area contributed by atoms with Crippen molar-refractivity contribution in [1.29, 1.82) is 0 Å². The summed E-state index contributed by atoms with van der Waals surface area (Å²) in [6.07, 6.45) is 0.946. The Morgan fingerprint density at radius 1 is 1.30 bits per heavy atom. The summed E-state index contributed by atoms with van der Waals surface area (Å²) in [4.78, 5) is 5.14. The molecule has 0 bridgehead atoms. The molecule has 2 saturated heterocycles. The van der Waals surface area contributed by atoms with Gasteiger partial charge >= 0.3 is 0 Å². The number of likely N-dealkylation sites (N-methyl/N-ethyl adjacent to an activating group) is 1. The number of fused-ring (bicyclic) bond motifs is 1. The fourth-order valence-electron chi connectivity index (χ4n) is 3.52. The van der Waals surface area contributed by atoms with Gasteiger partial charge in [0, 0.05) is 25.7 Å². The van der Waals surface area contributed by atoms with Crippen molar-refractivity contribution in [3.05, 3.63) is 29.8 Å². The van der Waals surface area contributed by atoms with Gasteiger partial charge in [0.15, 0.2) is 9.84 Å². The van der Waals surface area contributed by atoms with E-state index in [9.17, 15) is 8.42 Å². The molecule has 0 amide bonds. The van der Waals surface area contributed by atoms with Crippen molar-refractivity contribution in [2.75, 3.05) is 45.6 Å². The number of sulfone groups is 1. The van der Waals surface area contributed by atoms with E-state index in [2.05, 4.69) is 16.8 Å². The highest BCUT2D eigenvalue weighted by atomic mass is 32.2. The highest BCUT2D eigenvalue weighted by Crippen LogP contribution is 2.22. The normalized spacial score (nSPS) is 26.3. The molecule has 1 aromatic carbocycles. The molecule has 2 aliphatic heterocycles. The molecule has 2 fully saturated rings. The lowest BCUT2D eigenvalue weighted by atomic mass is 10.1. The van der Waals surface area contributed by atoms with Crippen LogP contribution in [0.25, 0.3) is 0 Å². The summed E-state index contributed by atoms with van der Waals surface area (Å²) in [5.74, 6) is 0.207. The van der Waals surface area contributed by atoms with Crippen molar-refractivity contribution < 1.29 is 13.2 Å². The quantitative estimate of drug-likeness (QED) is 0.807. The third kappa shape index (κ3) is 3.94. The molecule has 2 aliphatic rings. The summed E-state index contributed by atoms with van der Waals surface area (Å²) < 4.78 is 30.7. The highest BCUT2D eigenvalue weighted by molar-refractivity contribution is 7.91. The fourth-order valence-corrected chi connectivity index (χ4v) is 4.92. The van der Waals surface area contributed by atoms with Gasteiger partial charge in [0.1, 0.15) is 0 Å². The van der Waals surface area contributed by atoms with Gasteiger partial charge in [-0.3, -0.25) is 9.80 Å². The van der Waals surface area contributed by atoms with E-state index in [1.807, 2.05) is 13.0 Å². The summed E-state index contributed by atoms with van der Waals surface area (Å²) in [6, 6.07) is 7.62. The predicted molar refractivity (Wildman–Crippen MR) is 90.4 cm³/mol. The Hall–Kier alpha value is -0.950. The van der Waals surface area contributed by atoms with E-state index in [-0.39, 0.29) is 11.9 Å². The van der Waals surface area contributed by atoms with Crippen molar-refractivity contribution in [3.8, 4) is 0 Å². The minimum atomic E-state index is -3.18. The number of rotatable bonds is 5. The monoisotopic (exact) mass is 338 g/mol. The lowest BCUT2D eigenvalue weighted by molar-refractivity contribution is -0.0369. The van der Waals surface area contributed by atoms with Gasteiger partial charge in [-0.25, -0.2) is 8.42 Å². The number of benzene rings is 1. The maximum absolute atomic E-state index is 12.4. The fraction of sp³-hybridized carbons (Fsp3) is 0.647. The first-order chi connectivity index (χ1) is 11.0. The van der Waals surface area contributed by atoms with E-state index in [4.69, 9.17) is 4.74 Å². The van der Waals surface area contributed by atoms with Crippen molar-refractivity contribution in [2.24, 2.45) is 0 Å². The molecule has 5 nitrogen and oxygen atoms in total. The van der Waals surface area contributed by atoms with E-state index in [1.54, 1.807) is 18.2 Å². The number of nitrogens with zero attached hydrogens (tertiary/aromatic N) is 2. The summed E-state index contributed by atoms with van der Waals surface area (Å²) >= 11 is 0. The van der Waals surface area contributed by atoms with E-state index >= 15 is 0 Å². The van der Waals surface area contributed by atoms with Crippen LogP contribution in [0.5, 0.6) is 0 Å². The molecule has 0 saturated carbocycles. The van der Waals surface area contributed by atoms with Crippen molar-refractivity contribution in [3.63, 3.8) is 0 Å². The van der Waals surface area contributed by atoms with Crippen LogP contribution in [0.3, 0.4) is 0 Å². The molecule has 0 aliphatic carbocycles. The van der Waals surface area contributed by atoms with Crippen LogP contribution in [0, 0.1) is 6.92 Å². The van der Waals surface area contributed by atoms with Crippen LogP contribution >= 0.6 is 0 Å². The molecule has 1 aromatic rings. The van der Waals surface area contributed by atoms with Crippen molar-refractivity contribution in [2.45, 2.75) is 30.4 Å². The van der Waals surface area contributed by atoms with Crippen LogP contribution in [0.15, 0.2) is 29.2 Å². The molecule has 0 radical (unpaired) electrons. The zero-order chi connectivity index (χ0) is 16.4. The maximum atomic E-state index is 12.4. The van der Waals surface area contributed by atoms with E-state index < -0.39 is 9.84 Å². The lowest BCUT2D eigenvalue weighted by Crippen LogP contribution is -2.48. The average molecular weight is 338 g/mol. The Bertz CT molecular complexity index is 647. The molecule has 3 rings (SSSR count). The summed E-state index contributed by atoms with van der Waals surface area (Å²) in [6.45, 7) is 6.41. The molecule has 2 atom stereocenters. The Morgan fingerprint density at radius 2 is 2.13 bits per heavy atom. The second kappa shape index (κ2) is 6.89. The second-order valence-corrected chi connectivity index (χ2v) is 8.81. The number of hydrogen-bond donors (Lipinski definition) is 0. The third-order valence-corrected chi connectivity index (χ3v) is 6.69. The molecule has 0 spiro atoms. The summed E-state index contributed by atoms with van der Waals surface area (Å²) in [5.41, 5.74) is 0.981. The zero-order valence-electron chi connectivity index (χ0n) is 13.9. The van der Waals surface area contributed by atoms with Crippen molar-refractivity contribution in [1.82, 2.24) is 9.80 Å². The van der Waals surface area contributed by atoms with E-state index in [0.717, 1.165) is 38.3 Å². The molecule has 23 heavy (non-hydrogen) atoms. The van der Waals surface area contributed by atoms with Gasteiger partial charge in [0.05, 0.1) is 23.4 Å². The van der Waals surface area contributed by atoms with Crippen LogP contribution in [-0.4, -0.2) is 75.9 Å². The Kier molecular flexibility index (Phi) is 5.06. The molecular formula is C17H26N2O3S. The van der Waals surface area contributed by atoms with Crippen LogP contribution < -0.4 is 0 Å². The molecule has 0 aromatic heterocycles. The summed E-state index contributed by atoms with van der Waals surface area (Å²) in [7, 11) is -1.03. The van der Waals surface area contributed by atoms with Gasteiger partial charge in [-0.1, -0.05) is 12.1 Å². The topological polar surface area (TPSA) is 49.9 Å². The second-order valence-electron chi connectivity index (χ2n) is 6.71. The van der Waals surface area contributed by atoms with Crippen LogP contribution in [0.1, 0.15) is 12.0 Å². The molecule has 2 heterocycles. The Labute approximate surface area is 139 Å². The first-order valence-corrected chi connectivity index (χ1v) is 9.94. The molecule has 0 unspecified atom stereocenters. The van der Waals surface area contributed by atoms with Crippen LogP contribution in [0.4, 0.5) is 0 Å². The van der Waals surface area contributed by atoms with E-state index in [0.29, 0.717) is 17.4 Å². The molecule has 128 valence electrons. The first kappa shape index (κ1) is 16.9. The lowest BCUT2D eigenvalue weighted by Gasteiger charge is -2.33. The third-order valence-electron chi connectivity index (χ3n) is 4.89. The predicted octanol–water partition coefficient (Wildman–Crippen LogP) is 1.17. The standard InChI is InChI=1S/C17H26N2O3S/c1-14-5-3-6-15(11-14)23(20,21)10-4-7-19-12-16-17(13-19)22-9-8-18(16)2/h3,5-6,11,16-17H,4,7-10,12-13H2,1-2H3/t16-,17-/m0/s1. The summed E-state index contributed by atoms with van der Waals surface area (Å²) in [5, 5.41) is 0. The minimum absolute atomic E-state index is 0.207. The average Bonchev–Trinajstić information content (AvgIpc) is 2.91. The van der Waals surface area contributed by atoms with Crippen LogP contribution in [0.2, 0.25) is 0 Å². The smallest absolute Gasteiger partial charge is 0.178 e. The first-order valence-electron chi connectivity index (χ1n) is 8.29. The number of morpholine rings is 1. The highest BCUT2D eigenvalue weighted by Gasteiger charge is 2.38. The van der Waals surface area contributed by atoms with Crippen LogP contribution in [-0.2, 0) is 14.6 Å². The molecular weight excluding hydrogens is 312 g/mol. The van der Waals surface area contributed by atoms with Gasteiger partial charge < -0.3 is 4.74 Å². The Morgan fingerprint density at radius 3 is 2.87 bits per heavy atom. The number of likely N-dealkylation sites (tertiary alicyclic amines) is 1. The number of ether oxygens (including phenoxy) is 1. The van der Waals surface area contributed by atoms with Crippen molar-refractivity contribution >= 4 is 9.84 Å². The zero-order valence-corrected chi connectivity index (χ0v) is 14.8. The van der Waals surface area contributed by atoms with Gasteiger partial charge in [-0.2, -0.15) is 0 Å². The minimum Gasteiger partial charge on any atom is -0.374 e. The Balaban J connectivity index is 1.52. The number of hydrogen-bond acceptors (Lipinski definition) is 5. The number of aryl methyl sites for hydroxylation is 1. The molecule has 6 heteroatoms. The molecule has 0 N–H and O–H groups in total. The van der Waals surface area contributed by atoms with Gasteiger partial charge in [-0.05, 0) is 44.6 Å². The largest absolute Gasteiger partial charge is 0.374 e. The van der Waals surface area contributed by atoms with Gasteiger partial charge in [0.25, 0.3) is 0 Å². The van der Waals surface area contributed by atoms with E-state index in [1.165, 1.54) is 0 Å². The maximum Gasteiger partial charge on any atom is 0.178 e. The van der Waals surface area contributed by atoms with Gasteiger partial charge in [0.2, 0.25) is 0 Å². The van der Waals surface area contributed by atoms with Gasteiger partial charge in [-0.15, -0.1) is 0 Å².